The van der Waals surface area contributed by atoms with E-state index in [4.69, 9.17) is 4.74 Å². The van der Waals surface area contributed by atoms with E-state index >= 15 is 0 Å². The average Bonchev–Trinajstić information content (AvgIpc) is 2.92. The summed E-state index contributed by atoms with van der Waals surface area (Å²) in [6.45, 7) is 4.64. The third-order valence-electron chi connectivity index (χ3n) is 3.49. The van der Waals surface area contributed by atoms with Gasteiger partial charge in [-0.1, -0.05) is 37.3 Å². The minimum Gasteiger partial charge on any atom is -0.493 e. The van der Waals surface area contributed by atoms with Crippen LogP contribution in [0, 0.1) is 0 Å². The summed E-state index contributed by atoms with van der Waals surface area (Å²) >= 11 is 0. The first kappa shape index (κ1) is 14.3. The highest BCUT2D eigenvalue weighted by Gasteiger charge is 2.26. The van der Waals surface area contributed by atoms with Crippen molar-refractivity contribution in [3.8, 4) is 5.75 Å². The number of methoxy groups -OCH3 is 1. The van der Waals surface area contributed by atoms with E-state index in [2.05, 4.69) is 5.10 Å². The molecule has 0 spiro atoms. The highest BCUT2D eigenvalue weighted by molar-refractivity contribution is 6.01. The highest BCUT2D eigenvalue weighted by atomic mass is 16.5. The van der Waals surface area contributed by atoms with Crippen molar-refractivity contribution >= 4 is 5.78 Å². The number of ether oxygens (including phenoxy) is 1. The van der Waals surface area contributed by atoms with Crippen LogP contribution in [0.3, 0.4) is 0 Å². The van der Waals surface area contributed by atoms with Crippen molar-refractivity contribution < 1.29 is 9.53 Å². The summed E-state index contributed by atoms with van der Waals surface area (Å²) in [5.41, 5.74) is 1.59. The van der Waals surface area contributed by atoms with Crippen molar-refractivity contribution in [1.29, 1.82) is 0 Å². The lowest BCUT2D eigenvalue weighted by molar-refractivity contribution is 0.0943. The lowest BCUT2D eigenvalue weighted by Gasteiger charge is -2.15. The molecule has 4 heteroatoms. The van der Waals surface area contributed by atoms with Gasteiger partial charge in [-0.15, -0.1) is 0 Å². The summed E-state index contributed by atoms with van der Waals surface area (Å²) in [6, 6.07) is 9.85. The quantitative estimate of drug-likeness (QED) is 0.758. The number of benzene rings is 1. The molecule has 0 aliphatic heterocycles. The largest absolute Gasteiger partial charge is 0.493 e. The van der Waals surface area contributed by atoms with Crippen molar-refractivity contribution in [2.24, 2.45) is 0 Å². The van der Waals surface area contributed by atoms with Crippen molar-refractivity contribution in [2.45, 2.75) is 32.7 Å². The van der Waals surface area contributed by atoms with Gasteiger partial charge in [-0.05, 0) is 18.9 Å². The maximum absolute atomic E-state index is 12.9. The van der Waals surface area contributed by atoms with Gasteiger partial charge >= 0.3 is 0 Å². The number of nitrogens with zero attached hydrogens (tertiary/aromatic N) is 2. The molecule has 1 aromatic carbocycles. The topological polar surface area (TPSA) is 44.1 Å². The van der Waals surface area contributed by atoms with Crippen LogP contribution in [0.15, 0.2) is 36.5 Å². The molecule has 1 atom stereocenters. The third-order valence-corrected chi connectivity index (χ3v) is 3.49. The van der Waals surface area contributed by atoms with Crippen LogP contribution in [-0.2, 0) is 6.54 Å². The van der Waals surface area contributed by atoms with Gasteiger partial charge in [0.05, 0.1) is 13.3 Å². The molecule has 1 aromatic heterocycles. The number of rotatable bonds is 6. The maximum Gasteiger partial charge on any atom is 0.192 e. The monoisotopic (exact) mass is 272 g/mol. The van der Waals surface area contributed by atoms with Crippen molar-refractivity contribution in [1.82, 2.24) is 9.78 Å². The van der Waals surface area contributed by atoms with E-state index in [9.17, 15) is 4.79 Å². The van der Waals surface area contributed by atoms with Crippen LogP contribution in [0.1, 0.15) is 42.2 Å². The SMILES string of the molecule is CCC(C(=O)c1c(OC)cnn1CC)c1ccccc1. The predicted octanol–water partition coefficient (Wildman–Crippen LogP) is 3.29. The number of aromatic nitrogens is 2. The number of Topliss-reactive ketones (excluding diaryl/α,β-unsaturated/α-hetero) is 1. The Morgan fingerprint density at radius 1 is 1.30 bits per heavy atom. The molecule has 20 heavy (non-hydrogen) atoms. The average molecular weight is 272 g/mol. The highest BCUT2D eigenvalue weighted by Crippen LogP contribution is 2.28. The van der Waals surface area contributed by atoms with Crippen molar-refractivity contribution in [3.63, 3.8) is 0 Å². The van der Waals surface area contributed by atoms with Gasteiger partial charge < -0.3 is 4.74 Å². The molecular formula is C16H20N2O2. The molecule has 106 valence electrons. The van der Waals surface area contributed by atoms with Gasteiger partial charge in [-0.3, -0.25) is 9.48 Å². The van der Waals surface area contributed by atoms with Gasteiger partial charge in [0, 0.05) is 12.5 Å². The molecule has 0 N–H and O–H groups in total. The van der Waals surface area contributed by atoms with Crippen LogP contribution >= 0.6 is 0 Å². The smallest absolute Gasteiger partial charge is 0.192 e. The zero-order valence-electron chi connectivity index (χ0n) is 12.2. The van der Waals surface area contributed by atoms with Gasteiger partial charge in [0.25, 0.3) is 0 Å². The normalized spacial score (nSPS) is 12.2. The summed E-state index contributed by atoms with van der Waals surface area (Å²) < 4.78 is 6.98. The first-order chi connectivity index (χ1) is 9.72. The Morgan fingerprint density at radius 2 is 2.00 bits per heavy atom. The molecule has 0 saturated heterocycles. The number of carbonyl (C=O) groups excluding carboxylic acids is 1. The minimum atomic E-state index is -0.160. The Hall–Kier alpha value is -2.10. The van der Waals surface area contributed by atoms with Crippen LogP contribution in [0.4, 0.5) is 0 Å². The van der Waals surface area contributed by atoms with Crippen LogP contribution in [-0.4, -0.2) is 22.7 Å². The molecule has 1 unspecified atom stereocenters. The molecule has 0 bridgehead atoms. The van der Waals surface area contributed by atoms with Crippen LogP contribution in [0.25, 0.3) is 0 Å². The number of hydrogen-bond acceptors (Lipinski definition) is 3. The van der Waals surface area contributed by atoms with Crippen LogP contribution in [0.2, 0.25) is 0 Å². The van der Waals surface area contributed by atoms with E-state index in [-0.39, 0.29) is 11.7 Å². The molecule has 0 aliphatic carbocycles. The fourth-order valence-electron chi connectivity index (χ4n) is 2.43. The van der Waals surface area contributed by atoms with Crippen molar-refractivity contribution in [3.05, 3.63) is 47.8 Å². The molecule has 0 amide bonds. The summed E-state index contributed by atoms with van der Waals surface area (Å²) in [6.07, 6.45) is 2.36. The first-order valence-electron chi connectivity index (χ1n) is 6.91. The summed E-state index contributed by atoms with van der Waals surface area (Å²) in [5.74, 6) is 0.452. The minimum absolute atomic E-state index is 0.0647. The summed E-state index contributed by atoms with van der Waals surface area (Å²) in [4.78, 5) is 12.9. The van der Waals surface area contributed by atoms with E-state index < -0.39 is 0 Å². The van der Waals surface area contributed by atoms with Gasteiger partial charge in [0.15, 0.2) is 11.5 Å². The van der Waals surface area contributed by atoms with E-state index in [0.29, 0.717) is 18.0 Å². The van der Waals surface area contributed by atoms with E-state index in [1.54, 1.807) is 18.0 Å². The van der Waals surface area contributed by atoms with Gasteiger partial charge in [-0.2, -0.15) is 5.10 Å². The summed E-state index contributed by atoms with van der Waals surface area (Å²) in [5, 5.41) is 4.21. The molecule has 1 heterocycles. The second-order valence-electron chi connectivity index (χ2n) is 4.61. The molecular weight excluding hydrogens is 252 g/mol. The third kappa shape index (κ3) is 2.59. The Labute approximate surface area is 119 Å². The molecule has 0 saturated carbocycles. The Bertz CT molecular complexity index is 554. The maximum atomic E-state index is 12.9. The number of hydrogen-bond donors (Lipinski definition) is 0. The predicted molar refractivity (Wildman–Crippen MR) is 78.3 cm³/mol. The van der Waals surface area contributed by atoms with Crippen LogP contribution in [0.5, 0.6) is 5.75 Å². The Balaban J connectivity index is 2.41. The fraction of sp³-hybridized carbons (Fsp3) is 0.375. The molecule has 2 aromatic rings. The number of aryl methyl sites for hydroxylation is 1. The molecule has 0 radical (unpaired) electrons. The number of ketones is 1. The standard InChI is InChI=1S/C16H20N2O2/c1-4-13(12-9-7-6-8-10-12)16(19)15-14(20-3)11-17-18(15)5-2/h6-11,13H,4-5H2,1-3H3. The molecule has 0 fully saturated rings. The lowest BCUT2D eigenvalue weighted by Crippen LogP contribution is -2.18. The second kappa shape index (κ2) is 6.37. The van der Waals surface area contributed by atoms with Crippen LogP contribution < -0.4 is 4.74 Å². The number of carbonyl (C=O) groups is 1. The van der Waals surface area contributed by atoms with Gasteiger partial charge in [-0.25, -0.2) is 0 Å². The van der Waals surface area contributed by atoms with E-state index in [1.165, 1.54) is 0 Å². The Kier molecular flexibility index (Phi) is 4.56. The van der Waals surface area contributed by atoms with E-state index in [0.717, 1.165) is 12.0 Å². The second-order valence-corrected chi connectivity index (χ2v) is 4.61. The zero-order chi connectivity index (χ0) is 14.5. The van der Waals surface area contributed by atoms with E-state index in [1.807, 2.05) is 44.2 Å². The Morgan fingerprint density at radius 3 is 2.55 bits per heavy atom. The first-order valence-corrected chi connectivity index (χ1v) is 6.91. The van der Waals surface area contributed by atoms with Gasteiger partial charge in [0.2, 0.25) is 0 Å². The van der Waals surface area contributed by atoms with Crippen molar-refractivity contribution in [2.75, 3.05) is 7.11 Å². The molecule has 4 nitrogen and oxygen atoms in total. The zero-order valence-corrected chi connectivity index (χ0v) is 12.2. The van der Waals surface area contributed by atoms with Gasteiger partial charge in [0.1, 0.15) is 5.69 Å². The lowest BCUT2D eigenvalue weighted by atomic mass is 9.90. The molecule has 2 rings (SSSR count). The fourth-order valence-corrected chi connectivity index (χ4v) is 2.43. The molecule has 0 aliphatic rings. The summed E-state index contributed by atoms with van der Waals surface area (Å²) in [7, 11) is 1.57.